The van der Waals surface area contributed by atoms with Crippen LogP contribution in [-0.4, -0.2) is 16.6 Å². The van der Waals surface area contributed by atoms with E-state index in [9.17, 15) is 4.79 Å². The third-order valence-corrected chi connectivity index (χ3v) is 15.9. The van der Waals surface area contributed by atoms with E-state index in [1.54, 1.807) is 0 Å². The summed E-state index contributed by atoms with van der Waals surface area (Å²) in [4.78, 5) is 13.2. The van der Waals surface area contributed by atoms with Gasteiger partial charge in [0.05, 0.1) is 13.1 Å². The number of aryl methyl sites for hydroxylation is 2. The van der Waals surface area contributed by atoms with Gasteiger partial charge in [-0.1, -0.05) is 298 Å². The van der Waals surface area contributed by atoms with Gasteiger partial charge in [0.15, 0.2) is 0 Å². The molecule has 1 rings (SSSR count). The molecule has 0 amide bonds. The molecule has 416 valence electrons. The van der Waals surface area contributed by atoms with Crippen LogP contribution in [0.1, 0.15) is 356 Å². The van der Waals surface area contributed by atoms with E-state index in [-0.39, 0.29) is 29.1 Å². The Morgan fingerprint density at radius 3 is 1.27 bits per heavy atom. The van der Waals surface area contributed by atoms with E-state index in [4.69, 9.17) is 4.74 Å². The van der Waals surface area contributed by atoms with Crippen molar-refractivity contribution in [3.63, 3.8) is 0 Å². The van der Waals surface area contributed by atoms with Crippen molar-refractivity contribution >= 4 is 5.97 Å². The van der Waals surface area contributed by atoms with Crippen LogP contribution in [0.4, 0.5) is 0 Å². The second-order valence-electron chi connectivity index (χ2n) is 23.5. The van der Waals surface area contributed by atoms with E-state index in [1.165, 1.54) is 276 Å². The maximum Gasteiger partial charge on any atom is 0.306 e. The largest absolute Gasteiger partial charge is 1.00 e. The number of unbranched alkanes of at least 4 members (excludes halogenated alkanes) is 34. The van der Waals surface area contributed by atoms with Crippen LogP contribution in [0.3, 0.4) is 0 Å². The van der Waals surface area contributed by atoms with Crippen LogP contribution in [0.5, 0.6) is 0 Å². The van der Waals surface area contributed by atoms with E-state index in [0.29, 0.717) is 12.3 Å². The number of aromatic nitrogens is 2. The van der Waals surface area contributed by atoms with Crippen LogP contribution in [0.25, 0.3) is 0 Å². The maximum absolute atomic E-state index is 13.2. The number of hydrogen-bond acceptors (Lipinski definition) is 2. The first-order valence-corrected chi connectivity index (χ1v) is 32.1. The third-order valence-electron chi connectivity index (χ3n) is 15.9. The minimum Gasteiger partial charge on any atom is -1.00 e. The molecule has 0 radical (unpaired) electrons. The molecule has 70 heavy (non-hydrogen) atoms. The van der Waals surface area contributed by atoms with Gasteiger partial charge in [-0.2, -0.15) is 0 Å². The molecule has 0 saturated carbocycles. The number of halogens is 1. The van der Waals surface area contributed by atoms with Crippen molar-refractivity contribution in [3.8, 4) is 0 Å². The minimum absolute atomic E-state index is 0. The summed E-state index contributed by atoms with van der Waals surface area (Å²) in [6, 6.07) is 0. The molecule has 2 unspecified atom stereocenters. The van der Waals surface area contributed by atoms with Gasteiger partial charge in [0, 0.05) is 6.42 Å². The molecule has 0 fully saturated rings. The molecular formula is C65H127BrN2O2. The average molecular weight is 1050 g/mol. The van der Waals surface area contributed by atoms with Crippen LogP contribution in [0, 0.1) is 17.8 Å². The quantitative estimate of drug-likeness (QED) is 0.0370. The first-order chi connectivity index (χ1) is 33.9. The van der Waals surface area contributed by atoms with Gasteiger partial charge >= 0.3 is 5.97 Å². The lowest BCUT2D eigenvalue weighted by Gasteiger charge is -2.21. The summed E-state index contributed by atoms with van der Waals surface area (Å²) in [6.45, 7) is 16.1. The summed E-state index contributed by atoms with van der Waals surface area (Å²) in [6.07, 6.45) is 73.2. The molecule has 2 atom stereocenters. The fraction of sp³-hybridized carbons (Fsp3) is 0.938. The molecule has 5 heteroatoms. The molecule has 0 aliphatic heterocycles. The van der Waals surface area contributed by atoms with Gasteiger partial charge < -0.3 is 21.7 Å². The average Bonchev–Trinajstić information content (AvgIpc) is 3.80. The molecule has 0 aliphatic carbocycles. The van der Waals surface area contributed by atoms with Crippen molar-refractivity contribution in [1.29, 1.82) is 0 Å². The first-order valence-electron chi connectivity index (χ1n) is 32.1. The third kappa shape index (κ3) is 48.1. The van der Waals surface area contributed by atoms with Gasteiger partial charge in [-0.25, -0.2) is 9.13 Å². The molecule has 0 saturated heterocycles. The van der Waals surface area contributed by atoms with Crippen LogP contribution in [0.2, 0.25) is 0 Å². The highest BCUT2D eigenvalue weighted by Gasteiger charge is 2.17. The lowest BCUT2D eigenvalue weighted by molar-refractivity contribution is -0.696. The van der Waals surface area contributed by atoms with E-state index >= 15 is 0 Å². The maximum atomic E-state index is 13.2. The molecule has 1 aromatic rings. The van der Waals surface area contributed by atoms with Crippen molar-refractivity contribution in [3.05, 3.63) is 18.7 Å². The summed E-state index contributed by atoms with van der Waals surface area (Å²) < 4.78 is 10.9. The lowest BCUT2D eigenvalue weighted by atomic mass is 9.89. The number of nitrogens with zero attached hydrogens (tertiary/aromatic N) is 2. The number of carbonyl (C=O) groups excluding carboxylic acids is 1. The second-order valence-corrected chi connectivity index (χ2v) is 23.5. The Labute approximate surface area is 451 Å². The fourth-order valence-electron chi connectivity index (χ4n) is 11.0. The van der Waals surface area contributed by atoms with Gasteiger partial charge in [-0.05, 0) is 69.1 Å². The Kier molecular flexibility index (Phi) is 53.8. The SMILES string of the molecule is CCCCCCCCCCCCCCCCCCC(CCCCCCCCCCCCCCCCCC)CCCCC(CCC(C)CCCC(C)C)OC(=O)CCCCC[n+]1ccn(CCCC)c1.[Br-]. The number of ether oxygens (including phenoxy) is 1. The molecule has 0 aliphatic rings. The standard InChI is InChI=1S/C65H127N2O2.BrH/c1-7-10-13-15-17-19-21-23-25-27-29-31-33-35-37-40-49-63(50-41-38-36-34-32-30-28-26-24-22-20-18-16-14-11-8-2)51-43-44-52-64(55-54-62(6)48-46-47-61(4)5)69-65(68)53-42-39-45-57-67-59-58-66(60-67)56-12-9-3;/h58-64H,7-57H2,1-6H3;1H/q+1;/p-1. The second kappa shape index (κ2) is 54.4. The Morgan fingerprint density at radius 2 is 0.829 bits per heavy atom. The fourth-order valence-corrected chi connectivity index (χ4v) is 11.0. The Hall–Kier alpha value is -0.840. The van der Waals surface area contributed by atoms with Crippen molar-refractivity contribution in [1.82, 2.24) is 4.57 Å². The van der Waals surface area contributed by atoms with Crippen molar-refractivity contribution in [2.24, 2.45) is 17.8 Å². The van der Waals surface area contributed by atoms with Crippen molar-refractivity contribution in [2.45, 2.75) is 375 Å². The van der Waals surface area contributed by atoms with Gasteiger partial charge in [-0.15, -0.1) is 0 Å². The van der Waals surface area contributed by atoms with E-state index in [0.717, 1.165) is 57.0 Å². The zero-order chi connectivity index (χ0) is 49.9. The Balaban J connectivity index is 0.0000476. The highest BCUT2D eigenvalue weighted by molar-refractivity contribution is 5.69. The summed E-state index contributed by atoms with van der Waals surface area (Å²) in [5.74, 6) is 2.44. The molecular weight excluding hydrogens is 921 g/mol. The van der Waals surface area contributed by atoms with Crippen molar-refractivity contribution < 1.29 is 31.1 Å². The number of rotatable bonds is 56. The van der Waals surface area contributed by atoms with Gasteiger partial charge in [0.2, 0.25) is 6.33 Å². The van der Waals surface area contributed by atoms with Crippen LogP contribution in [-0.2, 0) is 22.6 Å². The normalized spacial score (nSPS) is 12.6. The summed E-state index contributed by atoms with van der Waals surface area (Å²) >= 11 is 0. The highest BCUT2D eigenvalue weighted by atomic mass is 79.9. The van der Waals surface area contributed by atoms with E-state index in [2.05, 4.69) is 69.4 Å². The van der Waals surface area contributed by atoms with Gasteiger partial charge in [0.25, 0.3) is 0 Å². The smallest absolute Gasteiger partial charge is 0.306 e. The molecule has 0 N–H and O–H groups in total. The molecule has 4 nitrogen and oxygen atoms in total. The van der Waals surface area contributed by atoms with Gasteiger partial charge in [-0.3, -0.25) is 4.79 Å². The molecule has 0 aromatic carbocycles. The lowest BCUT2D eigenvalue weighted by Crippen LogP contribution is -3.00. The number of hydrogen-bond donors (Lipinski definition) is 0. The predicted octanol–water partition coefficient (Wildman–Crippen LogP) is 18.8. The topological polar surface area (TPSA) is 35.1 Å². The number of esters is 1. The molecule has 1 aromatic heterocycles. The minimum atomic E-state index is 0. The monoisotopic (exact) mass is 1050 g/mol. The van der Waals surface area contributed by atoms with Crippen molar-refractivity contribution in [2.75, 3.05) is 0 Å². The van der Waals surface area contributed by atoms with E-state index in [1.807, 2.05) is 0 Å². The summed E-state index contributed by atoms with van der Waals surface area (Å²) in [5, 5.41) is 0. The van der Waals surface area contributed by atoms with Crippen LogP contribution < -0.4 is 21.5 Å². The van der Waals surface area contributed by atoms with Crippen LogP contribution >= 0.6 is 0 Å². The van der Waals surface area contributed by atoms with Crippen LogP contribution in [0.15, 0.2) is 18.7 Å². The number of imidazole rings is 1. The summed E-state index contributed by atoms with van der Waals surface area (Å²) in [5.41, 5.74) is 0. The zero-order valence-electron chi connectivity index (χ0n) is 48.7. The molecule has 0 bridgehead atoms. The molecule has 0 spiro atoms. The van der Waals surface area contributed by atoms with Gasteiger partial charge in [0.1, 0.15) is 18.5 Å². The zero-order valence-corrected chi connectivity index (χ0v) is 50.3. The summed E-state index contributed by atoms with van der Waals surface area (Å²) in [7, 11) is 0. The molecule has 1 heterocycles. The number of carbonyl (C=O) groups is 1. The Bertz CT molecular complexity index is 1130. The first kappa shape index (κ1) is 69.2. The predicted molar refractivity (Wildman–Crippen MR) is 305 cm³/mol. The van der Waals surface area contributed by atoms with E-state index < -0.39 is 0 Å². The highest BCUT2D eigenvalue weighted by Crippen LogP contribution is 2.27. The Morgan fingerprint density at radius 1 is 0.429 bits per heavy atom.